The Morgan fingerprint density at radius 2 is 1.94 bits per heavy atom. The second-order valence-electron chi connectivity index (χ2n) is 3.64. The van der Waals surface area contributed by atoms with Crippen LogP contribution in [0.5, 0.6) is 5.75 Å². The summed E-state index contributed by atoms with van der Waals surface area (Å²) in [7, 11) is 0. The minimum Gasteiger partial charge on any atom is -0.508 e. The van der Waals surface area contributed by atoms with Crippen molar-refractivity contribution in [2.45, 2.75) is 5.03 Å². The largest absolute Gasteiger partial charge is 0.508 e. The fourth-order valence-corrected chi connectivity index (χ4v) is 2.26. The molecule has 0 saturated carbocycles. The van der Waals surface area contributed by atoms with Gasteiger partial charge in [0, 0.05) is 17.7 Å². The molecule has 0 radical (unpaired) electrons. The number of aromatic nitrogens is 1. The monoisotopic (exact) mass is 261 g/mol. The molecule has 2 aromatic rings. The lowest BCUT2D eigenvalue weighted by Crippen LogP contribution is -2.06. The first-order valence-corrected chi connectivity index (χ1v) is 6.28. The minimum absolute atomic E-state index is 0.0233. The molecular weight excluding hydrogens is 250 g/mol. The number of hydrogen-bond donors (Lipinski definition) is 2. The Morgan fingerprint density at radius 3 is 2.61 bits per heavy atom. The number of rotatable bonds is 4. The second kappa shape index (κ2) is 5.55. The molecule has 1 heterocycles. The average molecular weight is 261 g/mol. The number of pyridine rings is 1. The molecule has 0 atom stereocenters. The van der Waals surface area contributed by atoms with Crippen LogP contribution in [0.2, 0.25) is 0 Å². The molecule has 5 heteroatoms. The van der Waals surface area contributed by atoms with E-state index in [1.54, 1.807) is 24.3 Å². The van der Waals surface area contributed by atoms with Crippen LogP contribution in [0.3, 0.4) is 0 Å². The van der Waals surface area contributed by atoms with Crippen molar-refractivity contribution in [3.8, 4) is 5.75 Å². The summed E-state index contributed by atoms with van der Waals surface area (Å²) < 4.78 is 0. The molecule has 0 aliphatic rings. The standard InChI is InChI=1S/C13H11NO3S/c15-10-6-12(17)14-13(7-10)18-8-11(16)9-4-2-1-3-5-9/h1-7H,8H2,(H2,14,15,17). The summed E-state index contributed by atoms with van der Waals surface area (Å²) in [5, 5.41) is 9.73. The van der Waals surface area contributed by atoms with E-state index in [0.29, 0.717) is 10.6 Å². The van der Waals surface area contributed by atoms with E-state index in [0.717, 1.165) is 6.07 Å². The lowest BCUT2D eigenvalue weighted by Gasteiger charge is -2.02. The molecule has 0 bridgehead atoms. The number of carbonyl (C=O) groups is 1. The van der Waals surface area contributed by atoms with Crippen molar-refractivity contribution in [3.63, 3.8) is 0 Å². The predicted molar refractivity (Wildman–Crippen MR) is 70.2 cm³/mol. The topological polar surface area (TPSA) is 70.2 Å². The molecule has 0 aliphatic carbocycles. The van der Waals surface area contributed by atoms with Crippen LogP contribution in [0.25, 0.3) is 0 Å². The van der Waals surface area contributed by atoms with E-state index in [2.05, 4.69) is 4.98 Å². The third-order valence-corrected chi connectivity index (χ3v) is 3.20. The summed E-state index contributed by atoms with van der Waals surface area (Å²) in [6.07, 6.45) is 0. The van der Waals surface area contributed by atoms with Gasteiger partial charge in [0.05, 0.1) is 10.8 Å². The van der Waals surface area contributed by atoms with Crippen molar-refractivity contribution in [1.82, 2.24) is 4.98 Å². The number of aromatic amines is 1. The molecule has 92 valence electrons. The number of benzene rings is 1. The van der Waals surface area contributed by atoms with Crippen molar-refractivity contribution < 1.29 is 9.90 Å². The average Bonchev–Trinajstić information content (AvgIpc) is 2.36. The first-order valence-electron chi connectivity index (χ1n) is 5.29. The minimum atomic E-state index is -0.385. The molecule has 0 amide bonds. The Kier molecular flexibility index (Phi) is 3.84. The summed E-state index contributed by atoms with van der Waals surface area (Å²) >= 11 is 1.19. The van der Waals surface area contributed by atoms with Gasteiger partial charge in [-0.25, -0.2) is 0 Å². The smallest absolute Gasteiger partial charge is 0.252 e. The van der Waals surface area contributed by atoms with E-state index in [4.69, 9.17) is 0 Å². The highest BCUT2D eigenvalue weighted by Crippen LogP contribution is 2.18. The zero-order valence-electron chi connectivity index (χ0n) is 9.42. The van der Waals surface area contributed by atoms with Crippen molar-refractivity contribution in [3.05, 3.63) is 58.4 Å². The van der Waals surface area contributed by atoms with E-state index in [1.807, 2.05) is 6.07 Å². The first kappa shape index (κ1) is 12.4. The number of hydrogen-bond acceptors (Lipinski definition) is 4. The fraction of sp³-hybridized carbons (Fsp3) is 0.0769. The van der Waals surface area contributed by atoms with E-state index in [1.165, 1.54) is 17.8 Å². The normalized spacial score (nSPS) is 10.2. The molecule has 0 unspecified atom stereocenters. The Morgan fingerprint density at radius 1 is 1.22 bits per heavy atom. The molecule has 0 aliphatic heterocycles. The third-order valence-electron chi connectivity index (χ3n) is 2.26. The van der Waals surface area contributed by atoms with Crippen LogP contribution in [0.4, 0.5) is 0 Å². The van der Waals surface area contributed by atoms with E-state index in [9.17, 15) is 14.7 Å². The van der Waals surface area contributed by atoms with Crippen LogP contribution in [0, 0.1) is 0 Å². The molecule has 2 rings (SSSR count). The summed E-state index contributed by atoms with van der Waals surface area (Å²) in [5.41, 5.74) is 0.247. The molecule has 1 aromatic carbocycles. The van der Waals surface area contributed by atoms with Gasteiger partial charge in [0.1, 0.15) is 5.75 Å². The Balaban J connectivity index is 2.04. The van der Waals surface area contributed by atoms with Gasteiger partial charge in [-0.1, -0.05) is 30.3 Å². The van der Waals surface area contributed by atoms with Crippen LogP contribution < -0.4 is 5.56 Å². The van der Waals surface area contributed by atoms with E-state index in [-0.39, 0.29) is 22.8 Å². The van der Waals surface area contributed by atoms with Crippen molar-refractivity contribution in [2.75, 3.05) is 5.75 Å². The van der Waals surface area contributed by atoms with Gasteiger partial charge in [-0.2, -0.15) is 0 Å². The zero-order valence-corrected chi connectivity index (χ0v) is 10.2. The van der Waals surface area contributed by atoms with Gasteiger partial charge in [0.2, 0.25) is 0 Å². The van der Waals surface area contributed by atoms with Crippen LogP contribution in [0.15, 0.2) is 52.3 Å². The number of nitrogens with one attached hydrogen (secondary N) is 1. The van der Waals surface area contributed by atoms with Crippen molar-refractivity contribution in [1.29, 1.82) is 0 Å². The summed E-state index contributed by atoms with van der Waals surface area (Å²) in [6, 6.07) is 11.4. The number of ketones is 1. The SMILES string of the molecule is O=C(CSc1cc(O)cc(=O)[nH]1)c1ccccc1. The first-order chi connectivity index (χ1) is 8.65. The van der Waals surface area contributed by atoms with Crippen molar-refractivity contribution >= 4 is 17.5 Å². The molecule has 0 saturated heterocycles. The highest BCUT2D eigenvalue weighted by atomic mass is 32.2. The molecule has 1 aromatic heterocycles. The van der Waals surface area contributed by atoms with Crippen LogP contribution >= 0.6 is 11.8 Å². The lowest BCUT2D eigenvalue weighted by atomic mass is 10.2. The Bertz CT molecular complexity index is 607. The summed E-state index contributed by atoms with van der Waals surface area (Å²) in [4.78, 5) is 25.5. The number of carbonyl (C=O) groups excluding carboxylic acids is 1. The van der Waals surface area contributed by atoms with Crippen LogP contribution in [-0.2, 0) is 0 Å². The van der Waals surface area contributed by atoms with Gasteiger partial charge < -0.3 is 10.1 Å². The van der Waals surface area contributed by atoms with Gasteiger partial charge in [-0.15, -0.1) is 11.8 Å². The highest BCUT2D eigenvalue weighted by molar-refractivity contribution is 7.99. The number of H-pyrrole nitrogens is 1. The maximum absolute atomic E-state index is 11.8. The third kappa shape index (κ3) is 3.24. The van der Waals surface area contributed by atoms with Crippen LogP contribution in [0.1, 0.15) is 10.4 Å². The molecular formula is C13H11NO3S. The van der Waals surface area contributed by atoms with Gasteiger partial charge in [0.25, 0.3) is 5.56 Å². The van der Waals surface area contributed by atoms with Crippen LogP contribution in [-0.4, -0.2) is 21.6 Å². The lowest BCUT2D eigenvalue weighted by molar-refractivity contribution is 0.102. The number of thioether (sulfide) groups is 1. The van der Waals surface area contributed by atoms with Crippen molar-refractivity contribution in [2.24, 2.45) is 0 Å². The highest BCUT2D eigenvalue weighted by Gasteiger charge is 2.07. The number of Topliss-reactive ketones (excluding diaryl/α,β-unsaturated/α-hetero) is 1. The summed E-state index contributed by atoms with van der Waals surface area (Å²) in [5.74, 6) is 0.0850. The Labute approximate surface area is 108 Å². The zero-order chi connectivity index (χ0) is 13.0. The molecule has 18 heavy (non-hydrogen) atoms. The maximum Gasteiger partial charge on any atom is 0.252 e. The molecule has 0 fully saturated rings. The van der Waals surface area contributed by atoms with Gasteiger partial charge in [-0.3, -0.25) is 9.59 Å². The Hall–Kier alpha value is -2.01. The molecule has 0 spiro atoms. The van der Waals surface area contributed by atoms with E-state index < -0.39 is 0 Å². The van der Waals surface area contributed by atoms with Gasteiger partial charge in [-0.05, 0) is 0 Å². The molecule has 2 N–H and O–H groups in total. The fourth-order valence-electron chi connectivity index (χ4n) is 1.43. The number of aromatic hydroxyl groups is 1. The predicted octanol–water partition coefficient (Wildman–Crippen LogP) is 2.06. The summed E-state index contributed by atoms with van der Waals surface area (Å²) in [6.45, 7) is 0. The van der Waals surface area contributed by atoms with Gasteiger partial charge >= 0.3 is 0 Å². The van der Waals surface area contributed by atoms with E-state index >= 15 is 0 Å². The molecule has 4 nitrogen and oxygen atoms in total. The quantitative estimate of drug-likeness (QED) is 0.653. The second-order valence-corrected chi connectivity index (χ2v) is 4.66. The van der Waals surface area contributed by atoms with Gasteiger partial charge in [0.15, 0.2) is 5.78 Å². The maximum atomic E-state index is 11.8.